The number of methoxy groups -OCH3 is 1. The second-order valence-electron chi connectivity index (χ2n) is 5.20. The topological polar surface area (TPSA) is 38.7 Å². The minimum absolute atomic E-state index is 0.324. The van der Waals surface area contributed by atoms with Gasteiger partial charge in [-0.1, -0.05) is 72.8 Å². The molecule has 24 heavy (non-hydrogen) atoms. The van der Waals surface area contributed by atoms with Crippen molar-refractivity contribution in [3.63, 3.8) is 0 Å². The van der Waals surface area contributed by atoms with Gasteiger partial charge in [-0.05, 0) is 12.1 Å². The predicted molar refractivity (Wildman–Crippen MR) is 95.8 cm³/mol. The number of hydrogen-bond donors (Lipinski definition) is 0. The van der Waals surface area contributed by atoms with Crippen LogP contribution in [0.2, 0.25) is 0 Å². The Balaban J connectivity index is 2.09. The molecule has 3 rings (SSSR count). The van der Waals surface area contributed by atoms with Gasteiger partial charge in [0.1, 0.15) is 5.75 Å². The molecule has 0 aliphatic heterocycles. The monoisotopic (exact) mass is 315 g/mol. The Morgan fingerprint density at radius 1 is 0.750 bits per heavy atom. The van der Waals surface area contributed by atoms with E-state index < -0.39 is 0 Å². The van der Waals surface area contributed by atoms with Crippen LogP contribution in [0.3, 0.4) is 0 Å². The van der Waals surface area contributed by atoms with Crippen LogP contribution >= 0.6 is 0 Å². The van der Waals surface area contributed by atoms with Crippen molar-refractivity contribution in [3.8, 4) is 5.75 Å². The van der Waals surface area contributed by atoms with Crippen molar-refractivity contribution < 1.29 is 9.53 Å². The van der Waals surface area contributed by atoms with Crippen LogP contribution in [0, 0.1) is 0 Å². The van der Waals surface area contributed by atoms with Crippen molar-refractivity contribution >= 4 is 11.6 Å². The van der Waals surface area contributed by atoms with Crippen molar-refractivity contribution in [1.29, 1.82) is 0 Å². The summed E-state index contributed by atoms with van der Waals surface area (Å²) in [5, 5.41) is 0. The maximum Gasteiger partial charge on any atom is 0.281 e. The number of carbonyl (C=O) groups is 1. The number of rotatable bonds is 4. The molecule has 0 heterocycles. The summed E-state index contributed by atoms with van der Waals surface area (Å²) in [6.07, 6.45) is 0. The third-order valence-corrected chi connectivity index (χ3v) is 3.65. The molecule has 0 bridgehead atoms. The Bertz CT molecular complexity index is 814. The number of nitrogens with zero attached hydrogens (tertiary/aromatic N) is 1. The fourth-order valence-electron chi connectivity index (χ4n) is 2.47. The zero-order valence-electron chi connectivity index (χ0n) is 13.3. The molecule has 118 valence electrons. The number of hydrogen-bond acceptors (Lipinski definition) is 2. The average Bonchev–Trinajstić information content (AvgIpc) is 2.67. The van der Waals surface area contributed by atoms with Gasteiger partial charge in [0.2, 0.25) is 0 Å². The minimum atomic E-state index is -0.324. The van der Waals surface area contributed by atoms with E-state index in [9.17, 15) is 4.79 Å². The Morgan fingerprint density at radius 3 is 1.79 bits per heavy atom. The molecule has 3 nitrogen and oxygen atoms in total. The first-order valence-corrected chi connectivity index (χ1v) is 7.66. The van der Waals surface area contributed by atoms with Gasteiger partial charge in [-0.2, -0.15) is 0 Å². The van der Waals surface area contributed by atoms with Crippen molar-refractivity contribution in [2.45, 2.75) is 0 Å². The first kappa shape index (κ1) is 15.7. The van der Waals surface area contributed by atoms with E-state index in [1.165, 1.54) is 0 Å². The van der Waals surface area contributed by atoms with Crippen LogP contribution in [0.15, 0.2) is 89.9 Å². The van der Waals surface area contributed by atoms with E-state index in [0.717, 1.165) is 11.1 Å². The summed E-state index contributed by atoms with van der Waals surface area (Å²) >= 11 is 0. The Morgan fingerprint density at radius 2 is 1.25 bits per heavy atom. The van der Waals surface area contributed by atoms with E-state index in [1.807, 2.05) is 66.7 Å². The van der Waals surface area contributed by atoms with E-state index in [-0.39, 0.29) is 5.91 Å². The molecule has 0 saturated heterocycles. The fraction of sp³-hybridized carbons (Fsp3) is 0.0476. The molecule has 0 radical (unpaired) electrons. The molecule has 0 spiro atoms. The molecule has 0 atom stereocenters. The molecule has 0 N–H and O–H groups in total. The van der Waals surface area contributed by atoms with Crippen LogP contribution in [0.25, 0.3) is 0 Å². The number of ether oxygens (including phenoxy) is 1. The number of benzene rings is 3. The zero-order valence-corrected chi connectivity index (χ0v) is 13.3. The lowest BCUT2D eigenvalue weighted by atomic mass is 10.0. The summed E-state index contributed by atoms with van der Waals surface area (Å²) in [5.74, 6) is 0.196. The Hall–Kier alpha value is -3.20. The number of aliphatic imine (C=N–C) groups is 1. The maximum atomic E-state index is 12.7. The molecule has 3 aromatic rings. The van der Waals surface area contributed by atoms with Gasteiger partial charge in [0.15, 0.2) is 0 Å². The first-order chi connectivity index (χ1) is 11.8. The van der Waals surface area contributed by atoms with Crippen LogP contribution in [-0.2, 0) is 0 Å². The molecule has 0 unspecified atom stereocenters. The summed E-state index contributed by atoms with van der Waals surface area (Å²) in [7, 11) is 1.55. The average molecular weight is 315 g/mol. The summed E-state index contributed by atoms with van der Waals surface area (Å²) in [6, 6.07) is 26.5. The quantitative estimate of drug-likeness (QED) is 0.670. The van der Waals surface area contributed by atoms with E-state index in [0.29, 0.717) is 17.0 Å². The van der Waals surface area contributed by atoms with Crippen molar-refractivity contribution in [2.75, 3.05) is 7.11 Å². The third kappa shape index (κ3) is 3.41. The zero-order chi connectivity index (χ0) is 16.8. The van der Waals surface area contributed by atoms with E-state index in [2.05, 4.69) is 4.99 Å². The molecule has 3 heteroatoms. The first-order valence-electron chi connectivity index (χ1n) is 7.66. The summed E-state index contributed by atoms with van der Waals surface area (Å²) < 4.78 is 5.27. The van der Waals surface area contributed by atoms with E-state index in [4.69, 9.17) is 4.74 Å². The third-order valence-electron chi connectivity index (χ3n) is 3.65. The van der Waals surface area contributed by atoms with Gasteiger partial charge in [0.25, 0.3) is 5.91 Å². The molecule has 1 amide bonds. The molecule has 3 aromatic carbocycles. The van der Waals surface area contributed by atoms with Gasteiger partial charge in [-0.15, -0.1) is 0 Å². The predicted octanol–water partition coefficient (Wildman–Crippen LogP) is 4.37. The fourth-order valence-corrected chi connectivity index (χ4v) is 2.47. The van der Waals surface area contributed by atoms with Crippen LogP contribution < -0.4 is 4.74 Å². The summed E-state index contributed by atoms with van der Waals surface area (Å²) in [5.41, 5.74) is 2.88. The highest BCUT2D eigenvalue weighted by atomic mass is 16.5. The number of amides is 1. The normalized spacial score (nSPS) is 10.0. The Kier molecular flexibility index (Phi) is 4.82. The van der Waals surface area contributed by atoms with Crippen molar-refractivity contribution in [2.24, 2.45) is 4.99 Å². The molecule has 0 fully saturated rings. The van der Waals surface area contributed by atoms with Crippen molar-refractivity contribution in [3.05, 3.63) is 102 Å². The van der Waals surface area contributed by atoms with E-state index >= 15 is 0 Å². The lowest BCUT2D eigenvalue weighted by Gasteiger charge is -2.08. The van der Waals surface area contributed by atoms with Crippen molar-refractivity contribution in [1.82, 2.24) is 0 Å². The molecule has 0 aliphatic rings. The lowest BCUT2D eigenvalue weighted by molar-refractivity contribution is 0.1000. The summed E-state index contributed by atoms with van der Waals surface area (Å²) in [6.45, 7) is 0. The number of carbonyl (C=O) groups excluding carboxylic acids is 1. The molecule has 0 saturated carbocycles. The smallest absolute Gasteiger partial charge is 0.281 e. The minimum Gasteiger partial charge on any atom is -0.496 e. The van der Waals surface area contributed by atoms with Gasteiger partial charge >= 0.3 is 0 Å². The Labute approximate surface area is 141 Å². The van der Waals surface area contributed by atoms with Gasteiger partial charge in [-0.25, -0.2) is 4.99 Å². The highest BCUT2D eigenvalue weighted by molar-refractivity contribution is 6.19. The SMILES string of the molecule is COc1ccccc1C(=O)N=C(c1ccccc1)c1ccccc1. The van der Waals surface area contributed by atoms with Gasteiger partial charge in [0, 0.05) is 11.1 Å². The van der Waals surface area contributed by atoms with Gasteiger partial charge < -0.3 is 4.74 Å². The number of para-hydroxylation sites is 1. The summed E-state index contributed by atoms with van der Waals surface area (Å²) in [4.78, 5) is 17.1. The van der Waals surface area contributed by atoms with Crippen LogP contribution in [0.1, 0.15) is 21.5 Å². The second kappa shape index (κ2) is 7.38. The van der Waals surface area contributed by atoms with Crippen LogP contribution in [0.5, 0.6) is 5.75 Å². The van der Waals surface area contributed by atoms with Gasteiger partial charge in [-0.3, -0.25) is 4.79 Å². The molecule has 0 aromatic heterocycles. The maximum absolute atomic E-state index is 12.7. The van der Waals surface area contributed by atoms with E-state index in [1.54, 1.807) is 25.3 Å². The highest BCUT2D eigenvalue weighted by Crippen LogP contribution is 2.20. The molecular weight excluding hydrogens is 298 g/mol. The largest absolute Gasteiger partial charge is 0.496 e. The lowest BCUT2D eigenvalue weighted by Crippen LogP contribution is -2.08. The van der Waals surface area contributed by atoms with Gasteiger partial charge in [0.05, 0.1) is 18.4 Å². The second-order valence-corrected chi connectivity index (χ2v) is 5.20. The molecule has 0 aliphatic carbocycles. The van der Waals surface area contributed by atoms with Crippen LogP contribution in [-0.4, -0.2) is 18.7 Å². The highest BCUT2D eigenvalue weighted by Gasteiger charge is 2.14. The van der Waals surface area contributed by atoms with Crippen LogP contribution in [0.4, 0.5) is 0 Å². The standard InChI is InChI=1S/C21H17NO2/c1-24-19-15-9-8-14-18(19)21(23)22-20(16-10-4-2-5-11-16)17-12-6-3-7-13-17/h2-15H,1H3. The molecular formula is C21H17NO2.